The summed E-state index contributed by atoms with van der Waals surface area (Å²) in [5.41, 5.74) is 11.2. The van der Waals surface area contributed by atoms with Gasteiger partial charge in [-0.2, -0.15) is 0 Å². The third-order valence-electron chi connectivity index (χ3n) is 3.47. The molecule has 2 aromatic rings. The van der Waals surface area contributed by atoms with E-state index in [4.69, 9.17) is 10.5 Å². The van der Waals surface area contributed by atoms with E-state index in [1.165, 1.54) is 16.7 Å². The van der Waals surface area contributed by atoms with Gasteiger partial charge in [0, 0.05) is 0 Å². The smallest absolute Gasteiger partial charge is 0.133 e. The van der Waals surface area contributed by atoms with Crippen molar-refractivity contribution in [3.05, 3.63) is 63.1 Å². The number of rotatable bonds is 4. The molecule has 1 atom stereocenters. The van der Waals surface area contributed by atoms with E-state index in [0.717, 1.165) is 15.8 Å². The van der Waals surface area contributed by atoms with E-state index in [-0.39, 0.29) is 6.04 Å². The van der Waals surface area contributed by atoms with Gasteiger partial charge in [-0.1, -0.05) is 24.3 Å². The Kier molecular flexibility index (Phi) is 4.84. The molecule has 0 spiro atoms. The minimum Gasteiger partial charge on any atom is -0.493 e. The fraction of sp³-hybridized carbons (Fsp3) is 0.294. The molecule has 1 unspecified atom stereocenters. The number of hydrogen-bond acceptors (Lipinski definition) is 2. The molecule has 2 aromatic carbocycles. The first-order valence-electron chi connectivity index (χ1n) is 6.78. The Labute approximate surface area is 129 Å². The molecule has 0 heterocycles. The van der Waals surface area contributed by atoms with Gasteiger partial charge in [-0.3, -0.25) is 0 Å². The molecule has 0 aliphatic carbocycles. The number of ether oxygens (including phenoxy) is 1. The Hall–Kier alpha value is -1.32. The first-order chi connectivity index (χ1) is 9.54. The van der Waals surface area contributed by atoms with Crippen LogP contribution in [0.5, 0.6) is 5.75 Å². The van der Waals surface area contributed by atoms with E-state index < -0.39 is 0 Å². The fourth-order valence-corrected chi connectivity index (χ4v) is 2.98. The maximum Gasteiger partial charge on any atom is 0.133 e. The Morgan fingerprint density at radius 3 is 2.35 bits per heavy atom. The molecule has 0 aliphatic rings. The second kappa shape index (κ2) is 6.42. The monoisotopic (exact) mass is 333 g/mol. The molecule has 0 amide bonds. The van der Waals surface area contributed by atoms with E-state index in [2.05, 4.69) is 48.0 Å². The Morgan fingerprint density at radius 2 is 1.80 bits per heavy atom. The summed E-state index contributed by atoms with van der Waals surface area (Å²) in [5, 5.41) is 0. The van der Waals surface area contributed by atoms with Crippen LogP contribution < -0.4 is 10.5 Å². The summed E-state index contributed by atoms with van der Waals surface area (Å²) in [6.07, 6.45) is 0. The molecule has 0 aliphatic heterocycles. The van der Waals surface area contributed by atoms with Crippen molar-refractivity contribution in [1.82, 2.24) is 0 Å². The van der Waals surface area contributed by atoms with Gasteiger partial charge >= 0.3 is 0 Å². The van der Waals surface area contributed by atoms with Crippen molar-refractivity contribution in [2.24, 2.45) is 5.73 Å². The molecule has 0 bridgehead atoms. The Bertz CT molecular complexity index is 590. The Balaban J connectivity index is 2.39. The van der Waals surface area contributed by atoms with Crippen molar-refractivity contribution in [3.63, 3.8) is 0 Å². The largest absolute Gasteiger partial charge is 0.493 e. The second-order valence-corrected chi connectivity index (χ2v) is 5.76. The van der Waals surface area contributed by atoms with Crippen LogP contribution in [-0.4, -0.2) is 6.61 Å². The van der Waals surface area contributed by atoms with Crippen LogP contribution >= 0.6 is 15.9 Å². The number of halogens is 1. The molecule has 0 fully saturated rings. The summed E-state index contributed by atoms with van der Waals surface area (Å²) in [7, 11) is 0. The molecule has 106 valence electrons. The molecule has 0 saturated carbocycles. The molecule has 2 rings (SSSR count). The van der Waals surface area contributed by atoms with Crippen molar-refractivity contribution >= 4 is 15.9 Å². The maximum absolute atomic E-state index is 6.45. The number of nitrogens with two attached hydrogens (primary N) is 1. The maximum atomic E-state index is 6.45. The molecular weight excluding hydrogens is 314 g/mol. The normalized spacial score (nSPS) is 12.2. The van der Waals surface area contributed by atoms with Gasteiger partial charge in [-0.15, -0.1) is 0 Å². The van der Waals surface area contributed by atoms with Crippen LogP contribution in [0.15, 0.2) is 40.9 Å². The van der Waals surface area contributed by atoms with E-state index in [9.17, 15) is 0 Å². The van der Waals surface area contributed by atoms with Crippen molar-refractivity contribution in [2.45, 2.75) is 26.8 Å². The van der Waals surface area contributed by atoms with Crippen molar-refractivity contribution in [2.75, 3.05) is 6.61 Å². The lowest BCUT2D eigenvalue weighted by Crippen LogP contribution is -2.15. The van der Waals surface area contributed by atoms with Gasteiger partial charge in [0.25, 0.3) is 0 Å². The van der Waals surface area contributed by atoms with Gasteiger partial charge in [-0.05, 0) is 71.1 Å². The van der Waals surface area contributed by atoms with Crippen LogP contribution in [0.2, 0.25) is 0 Å². The van der Waals surface area contributed by atoms with Crippen LogP contribution in [0, 0.1) is 13.8 Å². The molecule has 3 heteroatoms. The lowest BCUT2D eigenvalue weighted by atomic mass is 9.92. The van der Waals surface area contributed by atoms with E-state index in [1.807, 2.05) is 25.1 Å². The summed E-state index contributed by atoms with van der Waals surface area (Å²) < 4.78 is 6.48. The van der Waals surface area contributed by atoms with Crippen LogP contribution in [0.4, 0.5) is 0 Å². The highest BCUT2D eigenvalue weighted by molar-refractivity contribution is 9.10. The number of hydrogen-bond donors (Lipinski definition) is 1. The van der Waals surface area contributed by atoms with Crippen LogP contribution in [0.1, 0.15) is 35.2 Å². The van der Waals surface area contributed by atoms with Crippen LogP contribution in [0.3, 0.4) is 0 Å². The standard InChI is InChI=1S/C17H20BrNO/c1-4-20-15-9-8-13(10-14(15)18)17(19)16-11(2)6-5-7-12(16)3/h5-10,17H,4,19H2,1-3H3. The van der Waals surface area contributed by atoms with E-state index in [1.54, 1.807) is 0 Å². The van der Waals surface area contributed by atoms with Crippen molar-refractivity contribution in [1.29, 1.82) is 0 Å². The zero-order valence-electron chi connectivity index (χ0n) is 12.1. The molecule has 2 N–H and O–H groups in total. The molecule has 0 saturated heterocycles. The quantitative estimate of drug-likeness (QED) is 0.893. The highest BCUT2D eigenvalue weighted by Gasteiger charge is 2.15. The molecule has 2 nitrogen and oxygen atoms in total. The summed E-state index contributed by atoms with van der Waals surface area (Å²) in [5.74, 6) is 0.852. The first-order valence-corrected chi connectivity index (χ1v) is 7.57. The van der Waals surface area contributed by atoms with Gasteiger partial charge in [0.05, 0.1) is 17.1 Å². The lowest BCUT2D eigenvalue weighted by Gasteiger charge is -2.19. The Morgan fingerprint density at radius 1 is 1.15 bits per heavy atom. The average molecular weight is 334 g/mol. The molecule has 0 aromatic heterocycles. The third kappa shape index (κ3) is 3.05. The van der Waals surface area contributed by atoms with Gasteiger partial charge < -0.3 is 10.5 Å². The predicted octanol–water partition coefficient (Wildman–Crippen LogP) is 4.51. The van der Waals surface area contributed by atoms with E-state index in [0.29, 0.717) is 6.61 Å². The zero-order valence-corrected chi connectivity index (χ0v) is 13.7. The van der Waals surface area contributed by atoms with Gasteiger partial charge in [-0.25, -0.2) is 0 Å². The minimum absolute atomic E-state index is 0.122. The second-order valence-electron chi connectivity index (χ2n) is 4.91. The molecule has 0 radical (unpaired) electrons. The molecule has 20 heavy (non-hydrogen) atoms. The number of aryl methyl sites for hydroxylation is 2. The third-order valence-corrected chi connectivity index (χ3v) is 4.09. The minimum atomic E-state index is -0.122. The SMILES string of the molecule is CCOc1ccc(C(N)c2c(C)cccc2C)cc1Br. The highest BCUT2D eigenvalue weighted by atomic mass is 79.9. The van der Waals surface area contributed by atoms with Gasteiger partial charge in [0.15, 0.2) is 0 Å². The number of benzene rings is 2. The lowest BCUT2D eigenvalue weighted by molar-refractivity contribution is 0.338. The first kappa shape index (κ1) is 15.1. The van der Waals surface area contributed by atoms with E-state index >= 15 is 0 Å². The van der Waals surface area contributed by atoms with Crippen LogP contribution in [0.25, 0.3) is 0 Å². The van der Waals surface area contributed by atoms with Crippen molar-refractivity contribution < 1.29 is 4.74 Å². The summed E-state index contributed by atoms with van der Waals surface area (Å²) in [6, 6.07) is 12.2. The van der Waals surface area contributed by atoms with Gasteiger partial charge in [0.2, 0.25) is 0 Å². The molecular formula is C17H20BrNO. The van der Waals surface area contributed by atoms with Crippen molar-refractivity contribution in [3.8, 4) is 5.75 Å². The fourth-order valence-electron chi connectivity index (χ4n) is 2.47. The van der Waals surface area contributed by atoms with Crippen LogP contribution in [-0.2, 0) is 0 Å². The average Bonchev–Trinajstić information content (AvgIpc) is 2.41. The highest BCUT2D eigenvalue weighted by Crippen LogP contribution is 2.31. The zero-order chi connectivity index (χ0) is 14.7. The van der Waals surface area contributed by atoms with Gasteiger partial charge in [0.1, 0.15) is 5.75 Å². The summed E-state index contributed by atoms with van der Waals surface area (Å²) in [6.45, 7) is 6.83. The summed E-state index contributed by atoms with van der Waals surface area (Å²) in [4.78, 5) is 0. The topological polar surface area (TPSA) is 35.2 Å². The summed E-state index contributed by atoms with van der Waals surface area (Å²) >= 11 is 3.55. The predicted molar refractivity (Wildman–Crippen MR) is 87.3 cm³/mol.